The summed E-state index contributed by atoms with van der Waals surface area (Å²) in [7, 11) is -4.02. The van der Waals surface area contributed by atoms with E-state index >= 15 is 0 Å². The first-order chi connectivity index (χ1) is 10.1. The number of rotatable bonds is 7. The summed E-state index contributed by atoms with van der Waals surface area (Å²) in [6.45, 7) is 7.33. The molecule has 0 saturated heterocycles. The molecule has 3 N–H and O–H groups in total. The van der Waals surface area contributed by atoms with Crippen molar-refractivity contribution in [1.82, 2.24) is 4.72 Å². The Labute approximate surface area is 131 Å². The van der Waals surface area contributed by atoms with Gasteiger partial charge in [-0.15, -0.1) is 0 Å². The van der Waals surface area contributed by atoms with Gasteiger partial charge in [0.25, 0.3) is 5.69 Å². The Morgan fingerprint density at radius 1 is 1.32 bits per heavy atom. The third-order valence-corrected chi connectivity index (χ3v) is 5.18. The van der Waals surface area contributed by atoms with Crippen molar-refractivity contribution in [3.63, 3.8) is 0 Å². The van der Waals surface area contributed by atoms with Gasteiger partial charge in [-0.25, -0.2) is 13.1 Å². The predicted octanol–water partition coefficient (Wildman–Crippen LogP) is 1.86. The fourth-order valence-corrected chi connectivity index (χ4v) is 4.03. The third-order valence-electron chi connectivity index (χ3n) is 3.48. The van der Waals surface area contributed by atoms with Crippen LogP contribution in [0.15, 0.2) is 17.0 Å². The van der Waals surface area contributed by atoms with Crippen molar-refractivity contribution in [3.05, 3.63) is 33.4 Å². The zero-order valence-corrected chi connectivity index (χ0v) is 14.1. The van der Waals surface area contributed by atoms with Crippen LogP contribution < -0.4 is 10.5 Å². The Balaban J connectivity index is 3.33. The second kappa shape index (κ2) is 7.17. The maximum atomic E-state index is 12.6. The summed E-state index contributed by atoms with van der Waals surface area (Å²) < 4.78 is 27.7. The number of sulfonamides is 1. The van der Waals surface area contributed by atoms with E-state index < -0.39 is 26.7 Å². The van der Waals surface area contributed by atoms with Crippen molar-refractivity contribution in [3.8, 4) is 0 Å². The fraction of sp³-hybridized carbons (Fsp3) is 0.571. The van der Waals surface area contributed by atoms with Crippen molar-refractivity contribution in [1.29, 1.82) is 0 Å². The van der Waals surface area contributed by atoms with Gasteiger partial charge in [0.1, 0.15) is 0 Å². The van der Waals surface area contributed by atoms with Crippen LogP contribution >= 0.6 is 0 Å². The molecule has 0 amide bonds. The van der Waals surface area contributed by atoms with Gasteiger partial charge in [0.05, 0.1) is 4.92 Å². The van der Waals surface area contributed by atoms with Crippen molar-refractivity contribution in [2.45, 2.75) is 45.1 Å². The first kappa shape index (κ1) is 18.5. The molecule has 8 heteroatoms. The lowest BCUT2D eigenvalue weighted by molar-refractivity contribution is -0.387. The summed E-state index contributed by atoms with van der Waals surface area (Å²) in [6, 6.07) is 2.31. The molecule has 124 valence electrons. The highest BCUT2D eigenvalue weighted by Gasteiger charge is 2.30. The molecule has 0 saturated carbocycles. The van der Waals surface area contributed by atoms with Crippen molar-refractivity contribution < 1.29 is 13.3 Å². The van der Waals surface area contributed by atoms with Crippen LogP contribution in [0, 0.1) is 29.9 Å². The minimum Gasteiger partial charge on any atom is -0.329 e. The van der Waals surface area contributed by atoms with E-state index in [1.165, 1.54) is 6.07 Å². The Morgan fingerprint density at radius 3 is 2.36 bits per heavy atom. The number of nitrogens with two attached hydrogens (primary N) is 1. The van der Waals surface area contributed by atoms with E-state index in [1.54, 1.807) is 19.9 Å². The lowest BCUT2D eigenvalue weighted by atomic mass is 10.1. The first-order valence-corrected chi connectivity index (χ1v) is 8.55. The van der Waals surface area contributed by atoms with E-state index in [0.29, 0.717) is 17.5 Å². The number of nitro groups is 1. The second-order valence-electron chi connectivity index (χ2n) is 5.80. The van der Waals surface area contributed by atoms with Gasteiger partial charge < -0.3 is 5.73 Å². The monoisotopic (exact) mass is 329 g/mol. The van der Waals surface area contributed by atoms with Crippen molar-refractivity contribution in [2.24, 2.45) is 11.7 Å². The molecule has 0 aliphatic carbocycles. The molecule has 7 nitrogen and oxygen atoms in total. The van der Waals surface area contributed by atoms with E-state index in [-0.39, 0.29) is 17.4 Å². The molecule has 0 aliphatic rings. The molecule has 1 rings (SSSR count). The Kier molecular flexibility index (Phi) is 6.04. The normalized spacial score (nSPS) is 13.4. The molecule has 1 aromatic rings. The number of aryl methyl sites for hydroxylation is 1. The second-order valence-corrected chi connectivity index (χ2v) is 7.45. The third kappa shape index (κ3) is 4.25. The van der Waals surface area contributed by atoms with E-state index in [4.69, 9.17) is 5.73 Å². The van der Waals surface area contributed by atoms with Crippen molar-refractivity contribution >= 4 is 15.7 Å². The number of nitrogens with zero attached hydrogens (tertiary/aromatic N) is 1. The molecule has 0 bridgehead atoms. The molecule has 22 heavy (non-hydrogen) atoms. The smallest absolute Gasteiger partial charge is 0.289 e. The molecule has 1 aromatic carbocycles. The lowest BCUT2D eigenvalue weighted by Gasteiger charge is -2.20. The molecule has 0 fully saturated rings. The Morgan fingerprint density at radius 2 is 1.91 bits per heavy atom. The minimum absolute atomic E-state index is 0.135. The lowest BCUT2D eigenvalue weighted by Crippen LogP contribution is -2.41. The summed E-state index contributed by atoms with van der Waals surface area (Å²) in [5.41, 5.74) is 6.25. The Bertz CT molecular complexity index is 656. The summed E-state index contributed by atoms with van der Waals surface area (Å²) in [6.07, 6.45) is 0.564. The van der Waals surface area contributed by atoms with Crippen LogP contribution in [0.25, 0.3) is 0 Å². The van der Waals surface area contributed by atoms with Gasteiger partial charge in [0.15, 0.2) is 4.90 Å². The molecule has 0 aliphatic heterocycles. The standard InChI is InChI=1S/C14H23N3O4S/c1-9(2)7-12(8-15)16-22(20,21)14-11(4)10(3)5-6-13(14)17(18)19/h5-6,9,12,16H,7-8,15H2,1-4H3. The van der Waals surface area contributed by atoms with E-state index in [0.717, 1.165) is 0 Å². The zero-order valence-electron chi connectivity index (χ0n) is 13.3. The van der Waals surface area contributed by atoms with Gasteiger partial charge in [0.2, 0.25) is 10.0 Å². The van der Waals surface area contributed by atoms with Crippen LogP contribution in [0.4, 0.5) is 5.69 Å². The molecule has 0 radical (unpaired) electrons. The largest absolute Gasteiger partial charge is 0.329 e. The van der Waals surface area contributed by atoms with Gasteiger partial charge in [-0.1, -0.05) is 19.9 Å². The van der Waals surface area contributed by atoms with E-state index in [2.05, 4.69) is 4.72 Å². The molecular weight excluding hydrogens is 306 g/mol. The topological polar surface area (TPSA) is 115 Å². The molecular formula is C14H23N3O4S. The summed E-state index contributed by atoms with van der Waals surface area (Å²) in [5.74, 6) is 0.254. The highest BCUT2D eigenvalue weighted by molar-refractivity contribution is 7.89. The molecule has 0 aromatic heterocycles. The predicted molar refractivity (Wildman–Crippen MR) is 85.2 cm³/mol. The van der Waals surface area contributed by atoms with E-state index in [9.17, 15) is 18.5 Å². The first-order valence-electron chi connectivity index (χ1n) is 7.07. The van der Waals surface area contributed by atoms with Gasteiger partial charge in [-0.3, -0.25) is 10.1 Å². The van der Waals surface area contributed by atoms with Crippen LogP contribution in [0.2, 0.25) is 0 Å². The summed E-state index contributed by atoms with van der Waals surface area (Å²) in [5, 5.41) is 11.2. The van der Waals surface area contributed by atoms with Gasteiger partial charge in [-0.2, -0.15) is 0 Å². The van der Waals surface area contributed by atoms with Crippen LogP contribution in [-0.2, 0) is 10.0 Å². The van der Waals surface area contributed by atoms with Crippen LogP contribution in [-0.4, -0.2) is 25.9 Å². The Hall–Kier alpha value is -1.51. The van der Waals surface area contributed by atoms with E-state index in [1.807, 2.05) is 13.8 Å². The number of benzene rings is 1. The number of nitrogens with one attached hydrogen (secondary N) is 1. The number of nitro benzene ring substituents is 1. The number of hydrogen-bond acceptors (Lipinski definition) is 5. The molecule has 0 heterocycles. The number of hydrogen-bond donors (Lipinski definition) is 2. The zero-order chi connectivity index (χ0) is 17.1. The maximum Gasteiger partial charge on any atom is 0.289 e. The summed E-state index contributed by atoms with van der Waals surface area (Å²) >= 11 is 0. The molecule has 1 unspecified atom stereocenters. The van der Waals surface area contributed by atoms with Gasteiger partial charge >= 0.3 is 0 Å². The van der Waals surface area contributed by atoms with Crippen LogP contribution in [0.1, 0.15) is 31.4 Å². The average molecular weight is 329 g/mol. The molecule has 1 atom stereocenters. The highest BCUT2D eigenvalue weighted by Crippen LogP contribution is 2.29. The van der Waals surface area contributed by atoms with Crippen LogP contribution in [0.5, 0.6) is 0 Å². The quantitative estimate of drug-likeness (QED) is 0.585. The maximum absolute atomic E-state index is 12.6. The van der Waals surface area contributed by atoms with Gasteiger partial charge in [-0.05, 0) is 37.3 Å². The average Bonchev–Trinajstić information content (AvgIpc) is 2.39. The molecule has 0 spiro atoms. The fourth-order valence-electron chi connectivity index (χ4n) is 2.30. The van der Waals surface area contributed by atoms with Gasteiger partial charge in [0, 0.05) is 18.7 Å². The SMILES string of the molecule is Cc1ccc([N+](=O)[O-])c(S(=O)(=O)NC(CN)CC(C)C)c1C. The minimum atomic E-state index is -4.02. The summed E-state index contributed by atoms with van der Waals surface area (Å²) in [4.78, 5) is 10.2. The van der Waals surface area contributed by atoms with Crippen molar-refractivity contribution in [2.75, 3.05) is 6.54 Å². The van der Waals surface area contributed by atoms with Crippen LogP contribution in [0.3, 0.4) is 0 Å². The highest BCUT2D eigenvalue weighted by atomic mass is 32.2.